The number of ether oxygens (including phenoxy) is 2. The summed E-state index contributed by atoms with van der Waals surface area (Å²) in [6.45, 7) is 3.73. The molecule has 1 aliphatic rings. The quantitative estimate of drug-likeness (QED) is 0.414. The summed E-state index contributed by atoms with van der Waals surface area (Å²) in [7, 11) is 1.50. The predicted molar refractivity (Wildman–Crippen MR) is 91.0 cm³/mol. The van der Waals surface area contributed by atoms with Gasteiger partial charge in [0.2, 0.25) is 0 Å². The van der Waals surface area contributed by atoms with Crippen molar-refractivity contribution in [2.45, 2.75) is 38.5 Å². The van der Waals surface area contributed by atoms with E-state index >= 15 is 0 Å². The summed E-state index contributed by atoms with van der Waals surface area (Å²) in [5.74, 6) is -1.16. The monoisotopic (exact) mass is 352 g/mol. The van der Waals surface area contributed by atoms with Crippen LogP contribution in [0, 0.1) is 6.92 Å². The number of allylic oxidation sites excluding steroid dienone is 2. The number of carbonyl (C=O) groups excluding carboxylic acids is 1. The first kappa shape index (κ1) is 18.2. The van der Waals surface area contributed by atoms with Gasteiger partial charge in [-0.05, 0) is 32.3 Å². The number of carboxylic acids is 1. The molecule has 0 bridgehead atoms. The second kappa shape index (κ2) is 7.17. The zero-order valence-electron chi connectivity index (χ0n) is 13.8. The fourth-order valence-electron chi connectivity index (χ4n) is 2.78. The number of carboxylic acid groups (broad SMARTS) is 1. The van der Waals surface area contributed by atoms with E-state index in [0.29, 0.717) is 23.3 Å². The number of cyclic esters (lactones) is 1. The van der Waals surface area contributed by atoms with Gasteiger partial charge in [-0.3, -0.25) is 4.79 Å². The second-order valence-corrected chi connectivity index (χ2v) is 6.35. The van der Waals surface area contributed by atoms with Crippen molar-refractivity contribution in [3.8, 4) is 11.5 Å². The molecule has 0 radical (unpaired) electrons. The van der Waals surface area contributed by atoms with Crippen LogP contribution in [-0.2, 0) is 22.6 Å². The second-order valence-electron chi connectivity index (χ2n) is 5.73. The van der Waals surface area contributed by atoms with Crippen LogP contribution in [-0.4, -0.2) is 34.5 Å². The molecule has 7 heteroatoms. The zero-order valence-corrected chi connectivity index (χ0v) is 14.6. The number of rotatable bonds is 6. The molecule has 1 heterocycles. The van der Waals surface area contributed by atoms with Gasteiger partial charge in [0.25, 0.3) is 0 Å². The average molecular weight is 352 g/mol. The van der Waals surface area contributed by atoms with Gasteiger partial charge in [0.05, 0.1) is 7.11 Å². The Kier molecular flexibility index (Phi) is 5.43. The highest BCUT2D eigenvalue weighted by molar-refractivity contribution is 7.81. The maximum Gasteiger partial charge on any atom is 0.342 e. The molecule has 1 aromatic rings. The van der Waals surface area contributed by atoms with Crippen LogP contribution in [0.25, 0.3) is 0 Å². The van der Waals surface area contributed by atoms with E-state index in [-0.39, 0.29) is 24.3 Å². The van der Waals surface area contributed by atoms with E-state index in [1.165, 1.54) is 7.11 Å². The van der Waals surface area contributed by atoms with Gasteiger partial charge in [0, 0.05) is 11.1 Å². The molecule has 130 valence electrons. The minimum absolute atomic E-state index is 0.124. The lowest BCUT2D eigenvalue weighted by Crippen LogP contribution is -2.13. The highest BCUT2D eigenvalue weighted by atomic mass is 32.1. The van der Waals surface area contributed by atoms with Crippen molar-refractivity contribution in [2.75, 3.05) is 7.11 Å². The molecule has 24 heavy (non-hydrogen) atoms. The smallest absolute Gasteiger partial charge is 0.342 e. The Hall–Kier alpha value is -2.15. The van der Waals surface area contributed by atoms with Crippen LogP contribution in [0.4, 0.5) is 0 Å². The number of hydrogen-bond donors (Lipinski definition) is 3. The van der Waals surface area contributed by atoms with Crippen molar-refractivity contribution in [2.24, 2.45) is 0 Å². The van der Waals surface area contributed by atoms with Gasteiger partial charge in [-0.15, -0.1) is 0 Å². The summed E-state index contributed by atoms with van der Waals surface area (Å²) < 4.78 is 10.4. The van der Waals surface area contributed by atoms with E-state index in [2.05, 4.69) is 12.6 Å². The molecule has 1 atom stereocenters. The van der Waals surface area contributed by atoms with Gasteiger partial charge < -0.3 is 19.7 Å². The lowest BCUT2D eigenvalue weighted by Gasteiger charge is -2.16. The summed E-state index contributed by atoms with van der Waals surface area (Å²) in [6, 6.07) is 0. The molecular formula is C17H20O6S. The topological polar surface area (TPSA) is 93.1 Å². The summed E-state index contributed by atoms with van der Waals surface area (Å²) in [4.78, 5) is 22.7. The van der Waals surface area contributed by atoms with E-state index in [9.17, 15) is 14.7 Å². The Bertz CT molecular complexity index is 723. The minimum Gasteiger partial charge on any atom is -0.507 e. The first-order valence-corrected chi connectivity index (χ1v) is 7.94. The third-order valence-electron chi connectivity index (χ3n) is 4.10. The highest BCUT2D eigenvalue weighted by Gasteiger charge is 2.31. The number of methoxy groups -OCH3 is 1. The summed E-state index contributed by atoms with van der Waals surface area (Å²) in [6.07, 6.45) is 2.39. The Morgan fingerprint density at radius 2 is 2.17 bits per heavy atom. The molecule has 1 aromatic carbocycles. The molecule has 2 rings (SSSR count). The van der Waals surface area contributed by atoms with Gasteiger partial charge in [-0.2, -0.15) is 12.6 Å². The van der Waals surface area contributed by atoms with Crippen molar-refractivity contribution < 1.29 is 29.3 Å². The van der Waals surface area contributed by atoms with Crippen molar-refractivity contribution >= 4 is 24.6 Å². The molecule has 0 amide bonds. The van der Waals surface area contributed by atoms with Gasteiger partial charge in [0.15, 0.2) is 0 Å². The Morgan fingerprint density at radius 1 is 1.50 bits per heavy atom. The average Bonchev–Trinajstić information content (AvgIpc) is 2.91. The fourth-order valence-corrected chi connectivity index (χ4v) is 3.07. The number of phenols is 1. The van der Waals surface area contributed by atoms with Gasteiger partial charge in [0.1, 0.15) is 28.9 Å². The van der Waals surface area contributed by atoms with Crippen molar-refractivity contribution in [3.05, 3.63) is 33.9 Å². The predicted octanol–water partition coefficient (Wildman–Crippen LogP) is 2.64. The first-order valence-electron chi connectivity index (χ1n) is 7.42. The molecule has 0 aromatic heterocycles. The molecule has 0 unspecified atom stereocenters. The number of benzene rings is 1. The lowest BCUT2D eigenvalue weighted by molar-refractivity contribution is -0.136. The largest absolute Gasteiger partial charge is 0.507 e. The molecule has 0 aliphatic carbocycles. The number of aromatic hydroxyl groups is 1. The molecular weight excluding hydrogens is 332 g/mol. The van der Waals surface area contributed by atoms with Crippen LogP contribution >= 0.6 is 12.6 Å². The van der Waals surface area contributed by atoms with Gasteiger partial charge in [-0.25, -0.2) is 4.79 Å². The minimum atomic E-state index is -0.984. The van der Waals surface area contributed by atoms with Gasteiger partial charge >= 0.3 is 11.9 Å². The number of hydrogen-bond acceptors (Lipinski definition) is 6. The van der Waals surface area contributed by atoms with Crippen LogP contribution in [0.2, 0.25) is 0 Å². The summed E-state index contributed by atoms with van der Waals surface area (Å²) >= 11 is 4.01. The number of carbonyl (C=O) groups is 2. The van der Waals surface area contributed by atoms with E-state index in [1.807, 2.05) is 6.92 Å². The standard InChI is InChI=1S/C17H20O6S/c1-8(6-12(24)16(19)20)4-5-10-14(18)13-11(7-23-17(13)21)9(2)15(10)22-3/h4,12,18,24H,5-7H2,1-3H3,(H,19,20)/b8-4+/t12-/m0/s1. The Balaban J connectivity index is 2.37. The van der Waals surface area contributed by atoms with Crippen LogP contribution in [0.5, 0.6) is 11.5 Å². The Morgan fingerprint density at radius 3 is 2.75 bits per heavy atom. The zero-order chi connectivity index (χ0) is 18.0. The van der Waals surface area contributed by atoms with E-state index in [4.69, 9.17) is 14.6 Å². The lowest BCUT2D eigenvalue weighted by atomic mass is 9.94. The third-order valence-corrected chi connectivity index (χ3v) is 4.51. The summed E-state index contributed by atoms with van der Waals surface area (Å²) in [5, 5.41) is 18.6. The highest BCUT2D eigenvalue weighted by Crippen LogP contribution is 2.42. The number of fused-ring (bicyclic) bond motifs is 1. The first-order chi connectivity index (χ1) is 11.3. The van der Waals surface area contributed by atoms with Crippen LogP contribution < -0.4 is 4.74 Å². The number of aliphatic carboxylic acids is 1. The molecule has 6 nitrogen and oxygen atoms in total. The normalized spacial score (nSPS) is 15.0. The number of thiol groups is 1. The summed E-state index contributed by atoms with van der Waals surface area (Å²) in [5.41, 5.74) is 2.89. The van der Waals surface area contributed by atoms with Crippen molar-refractivity contribution in [1.82, 2.24) is 0 Å². The maximum atomic E-state index is 11.8. The van der Waals surface area contributed by atoms with E-state index in [0.717, 1.165) is 11.1 Å². The maximum absolute atomic E-state index is 11.8. The van der Waals surface area contributed by atoms with E-state index < -0.39 is 17.2 Å². The molecule has 2 N–H and O–H groups in total. The molecule has 0 saturated heterocycles. The molecule has 0 saturated carbocycles. The fraction of sp³-hybridized carbons (Fsp3) is 0.412. The van der Waals surface area contributed by atoms with Crippen LogP contribution in [0.3, 0.4) is 0 Å². The SMILES string of the molecule is COc1c(C)c2c(c(O)c1C/C=C(\C)C[C@H](S)C(=O)O)C(=O)OC2. The van der Waals surface area contributed by atoms with Crippen molar-refractivity contribution in [1.29, 1.82) is 0 Å². The van der Waals surface area contributed by atoms with Gasteiger partial charge in [-0.1, -0.05) is 11.6 Å². The van der Waals surface area contributed by atoms with Crippen molar-refractivity contribution in [3.63, 3.8) is 0 Å². The van der Waals surface area contributed by atoms with E-state index in [1.54, 1.807) is 13.0 Å². The van der Waals surface area contributed by atoms with Crippen LogP contribution in [0.1, 0.15) is 40.4 Å². The number of esters is 1. The molecule has 1 aliphatic heterocycles. The number of phenolic OH excluding ortho intramolecular Hbond substituents is 1. The van der Waals surface area contributed by atoms with Crippen LogP contribution in [0.15, 0.2) is 11.6 Å². The molecule has 0 fully saturated rings. The molecule has 0 spiro atoms. The third kappa shape index (κ3) is 3.36. The Labute approximate surface area is 145 Å².